The molecule has 0 spiro atoms. The lowest BCUT2D eigenvalue weighted by molar-refractivity contribution is -0.129. The molecule has 1 aromatic heterocycles. The molecule has 0 aliphatic carbocycles. The molecule has 0 atom stereocenters. The van der Waals surface area contributed by atoms with E-state index in [1.807, 2.05) is 6.07 Å². The number of hydrogen-bond acceptors (Lipinski definition) is 6. The summed E-state index contributed by atoms with van der Waals surface area (Å²) in [6, 6.07) is 2.01. The zero-order valence-corrected chi connectivity index (χ0v) is 10.6. The van der Waals surface area contributed by atoms with Crippen molar-refractivity contribution < 1.29 is 4.79 Å². The van der Waals surface area contributed by atoms with Gasteiger partial charge in [0.05, 0.1) is 12.5 Å². The fraction of sp³-hybridized carbons (Fsp3) is 0.667. The van der Waals surface area contributed by atoms with Crippen LogP contribution >= 0.6 is 11.8 Å². The second-order valence-electron chi connectivity index (χ2n) is 3.41. The number of aryl methyl sites for hydroxylation is 1. The van der Waals surface area contributed by atoms with E-state index in [0.29, 0.717) is 30.3 Å². The predicted octanol–water partition coefficient (Wildman–Crippen LogP) is 0.0644. The molecule has 1 aromatic rings. The molecule has 0 unspecified atom stereocenters. The minimum Gasteiger partial charge on any atom is -0.345 e. The molecule has 0 N–H and O–H groups in total. The number of thioether (sulfide) groups is 1. The Bertz CT molecular complexity index is 412. The monoisotopic (exact) mass is 254 g/mol. The van der Waals surface area contributed by atoms with Crippen LogP contribution in [0, 0.1) is 11.3 Å². The van der Waals surface area contributed by atoms with E-state index in [-0.39, 0.29) is 5.91 Å². The van der Waals surface area contributed by atoms with Gasteiger partial charge in [-0.2, -0.15) is 5.26 Å². The van der Waals surface area contributed by atoms with E-state index in [1.165, 1.54) is 11.8 Å². The summed E-state index contributed by atoms with van der Waals surface area (Å²) in [4.78, 5) is 13.2. The van der Waals surface area contributed by atoms with Gasteiger partial charge in [-0.25, -0.2) is 4.68 Å². The maximum Gasteiger partial charge on any atom is 0.223 e. The topological polar surface area (TPSA) is 87.7 Å². The molecular formula is C9H14N6OS. The molecule has 92 valence electrons. The van der Waals surface area contributed by atoms with Gasteiger partial charge in [0, 0.05) is 32.8 Å². The van der Waals surface area contributed by atoms with Crippen molar-refractivity contribution in [1.29, 1.82) is 5.26 Å². The van der Waals surface area contributed by atoms with Crippen LogP contribution in [-0.2, 0) is 11.8 Å². The molecule has 8 heteroatoms. The van der Waals surface area contributed by atoms with Crippen molar-refractivity contribution >= 4 is 17.7 Å². The first-order chi connectivity index (χ1) is 8.15. The fourth-order valence-corrected chi connectivity index (χ4v) is 1.88. The molecule has 1 rings (SSSR count). The second-order valence-corrected chi connectivity index (χ2v) is 4.47. The highest BCUT2D eigenvalue weighted by atomic mass is 32.2. The van der Waals surface area contributed by atoms with E-state index in [4.69, 9.17) is 5.26 Å². The number of aromatic nitrogens is 4. The van der Waals surface area contributed by atoms with Crippen LogP contribution in [0.1, 0.15) is 12.8 Å². The summed E-state index contributed by atoms with van der Waals surface area (Å²) in [5.74, 6) is 0.659. The highest BCUT2D eigenvalue weighted by Crippen LogP contribution is 2.13. The molecule has 0 aliphatic heterocycles. The average Bonchev–Trinajstić information content (AvgIpc) is 2.72. The lowest BCUT2D eigenvalue weighted by atomic mass is 10.3. The Balaban J connectivity index is 2.25. The second kappa shape index (κ2) is 6.85. The van der Waals surface area contributed by atoms with E-state index in [9.17, 15) is 4.79 Å². The number of tetrazole rings is 1. The van der Waals surface area contributed by atoms with Crippen molar-refractivity contribution in [1.82, 2.24) is 25.1 Å². The Labute approximate surface area is 104 Å². The maximum absolute atomic E-state index is 11.6. The molecule has 0 aliphatic rings. The Morgan fingerprint density at radius 1 is 1.65 bits per heavy atom. The van der Waals surface area contributed by atoms with Crippen molar-refractivity contribution in [3.05, 3.63) is 0 Å². The molecule has 0 aromatic carbocycles. The SMILES string of the molecule is CN(CCC#N)C(=O)CCSc1nnnn1C. The quantitative estimate of drug-likeness (QED) is 0.667. The lowest BCUT2D eigenvalue weighted by Crippen LogP contribution is -2.27. The smallest absolute Gasteiger partial charge is 0.223 e. The third-order valence-electron chi connectivity index (χ3n) is 2.11. The molecule has 1 heterocycles. The van der Waals surface area contributed by atoms with Crippen LogP contribution in [0.3, 0.4) is 0 Å². The van der Waals surface area contributed by atoms with Crippen molar-refractivity contribution in [2.75, 3.05) is 19.3 Å². The van der Waals surface area contributed by atoms with Gasteiger partial charge in [-0.05, 0) is 10.4 Å². The van der Waals surface area contributed by atoms with E-state index in [0.717, 1.165) is 0 Å². The molecule has 0 bridgehead atoms. The zero-order valence-electron chi connectivity index (χ0n) is 9.83. The standard InChI is InChI=1S/C9H14N6OS/c1-14(6-3-5-10)8(16)4-7-17-9-11-12-13-15(9)2/h3-4,6-7H2,1-2H3. The van der Waals surface area contributed by atoms with Crippen LogP contribution in [-0.4, -0.2) is 50.4 Å². The van der Waals surface area contributed by atoms with Crippen LogP contribution in [0.25, 0.3) is 0 Å². The number of nitrogens with zero attached hydrogens (tertiary/aromatic N) is 6. The number of carbonyl (C=O) groups is 1. The van der Waals surface area contributed by atoms with Crippen LogP contribution in [0.15, 0.2) is 5.16 Å². The van der Waals surface area contributed by atoms with Gasteiger partial charge >= 0.3 is 0 Å². The number of carbonyl (C=O) groups excluding carboxylic acids is 1. The summed E-state index contributed by atoms with van der Waals surface area (Å²) in [5, 5.41) is 20.1. The summed E-state index contributed by atoms with van der Waals surface area (Å²) in [6.07, 6.45) is 0.780. The maximum atomic E-state index is 11.6. The van der Waals surface area contributed by atoms with Crippen molar-refractivity contribution in [3.8, 4) is 6.07 Å². The molecular weight excluding hydrogens is 240 g/mol. The molecule has 0 fully saturated rings. The Morgan fingerprint density at radius 2 is 2.41 bits per heavy atom. The zero-order chi connectivity index (χ0) is 12.7. The minimum atomic E-state index is 0.0304. The first-order valence-electron chi connectivity index (χ1n) is 5.11. The fourth-order valence-electron chi connectivity index (χ4n) is 1.11. The van der Waals surface area contributed by atoms with Crippen LogP contribution in [0.4, 0.5) is 0 Å². The highest BCUT2D eigenvalue weighted by molar-refractivity contribution is 7.99. The van der Waals surface area contributed by atoms with Crippen LogP contribution in [0.5, 0.6) is 0 Å². The number of hydrogen-bond donors (Lipinski definition) is 0. The van der Waals surface area contributed by atoms with Gasteiger partial charge in [-0.3, -0.25) is 4.79 Å². The van der Waals surface area contributed by atoms with Crippen molar-refractivity contribution in [2.45, 2.75) is 18.0 Å². The number of amides is 1. The highest BCUT2D eigenvalue weighted by Gasteiger charge is 2.09. The average molecular weight is 254 g/mol. The van der Waals surface area contributed by atoms with Gasteiger partial charge in [0.15, 0.2) is 0 Å². The molecule has 1 amide bonds. The first kappa shape index (κ1) is 13.4. The van der Waals surface area contributed by atoms with Gasteiger partial charge < -0.3 is 4.90 Å². The Morgan fingerprint density at radius 3 is 3.00 bits per heavy atom. The third-order valence-corrected chi connectivity index (χ3v) is 3.13. The Hall–Kier alpha value is -1.62. The molecule has 0 radical (unpaired) electrons. The normalized spacial score (nSPS) is 9.94. The Kier molecular flexibility index (Phi) is 5.42. The van der Waals surface area contributed by atoms with Crippen LogP contribution in [0.2, 0.25) is 0 Å². The van der Waals surface area contributed by atoms with Gasteiger partial charge in [0.1, 0.15) is 0 Å². The summed E-state index contributed by atoms with van der Waals surface area (Å²) in [5.41, 5.74) is 0. The van der Waals surface area contributed by atoms with Crippen molar-refractivity contribution in [3.63, 3.8) is 0 Å². The largest absolute Gasteiger partial charge is 0.345 e. The van der Waals surface area contributed by atoms with Crippen LogP contribution < -0.4 is 0 Å². The summed E-state index contributed by atoms with van der Waals surface area (Å²) < 4.78 is 1.56. The predicted molar refractivity (Wildman–Crippen MR) is 62.0 cm³/mol. The lowest BCUT2D eigenvalue weighted by Gasteiger charge is -2.14. The minimum absolute atomic E-state index is 0.0304. The van der Waals surface area contributed by atoms with E-state index < -0.39 is 0 Å². The number of nitriles is 1. The summed E-state index contributed by atoms with van der Waals surface area (Å²) in [7, 11) is 3.46. The van der Waals surface area contributed by atoms with E-state index in [2.05, 4.69) is 15.5 Å². The van der Waals surface area contributed by atoms with Gasteiger partial charge in [0.2, 0.25) is 11.1 Å². The third kappa shape index (κ3) is 4.40. The van der Waals surface area contributed by atoms with Gasteiger partial charge in [-0.15, -0.1) is 5.10 Å². The molecule has 7 nitrogen and oxygen atoms in total. The van der Waals surface area contributed by atoms with Gasteiger partial charge in [-0.1, -0.05) is 11.8 Å². The molecule has 17 heavy (non-hydrogen) atoms. The first-order valence-corrected chi connectivity index (χ1v) is 6.09. The summed E-state index contributed by atoms with van der Waals surface area (Å²) >= 11 is 1.44. The number of rotatable bonds is 6. The molecule has 0 saturated carbocycles. The van der Waals surface area contributed by atoms with Gasteiger partial charge in [0.25, 0.3) is 0 Å². The van der Waals surface area contributed by atoms with E-state index in [1.54, 1.807) is 23.7 Å². The van der Waals surface area contributed by atoms with Crippen molar-refractivity contribution in [2.24, 2.45) is 7.05 Å². The summed E-state index contributed by atoms with van der Waals surface area (Å²) in [6.45, 7) is 0.478. The molecule has 0 saturated heterocycles. The van der Waals surface area contributed by atoms with E-state index >= 15 is 0 Å².